The molecule has 0 bridgehead atoms. The maximum atomic E-state index is 13.1. The molecule has 1 aromatic heterocycles. The first-order valence-corrected chi connectivity index (χ1v) is 8.78. The number of methoxy groups -OCH3 is 1. The zero-order valence-electron chi connectivity index (χ0n) is 15.5. The number of hydrogen-bond acceptors (Lipinski definition) is 7. The largest absolute Gasteiger partial charge is 0.496 e. The quantitative estimate of drug-likeness (QED) is 0.684. The van der Waals surface area contributed by atoms with E-state index in [0.717, 1.165) is 11.1 Å². The van der Waals surface area contributed by atoms with Crippen LogP contribution < -0.4 is 10.1 Å². The van der Waals surface area contributed by atoms with Crippen LogP contribution in [-0.4, -0.2) is 33.3 Å². The molecule has 1 N–H and O–H groups in total. The van der Waals surface area contributed by atoms with Crippen molar-refractivity contribution in [3.8, 4) is 5.75 Å². The summed E-state index contributed by atoms with van der Waals surface area (Å²) in [7, 11) is 1.59. The Bertz CT molecular complexity index is 1030. The molecule has 0 amide bonds. The number of esters is 1. The lowest BCUT2D eigenvalue weighted by atomic mass is 9.95. The van der Waals surface area contributed by atoms with E-state index in [4.69, 9.17) is 9.47 Å². The number of carbonyl (C=O) groups is 1. The summed E-state index contributed by atoms with van der Waals surface area (Å²) in [5.41, 5.74) is 2.75. The normalized spacial score (nSPS) is 15.6. The van der Waals surface area contributed by atoms with E-state index in [9.17, 15) is 4.79 Å². The first-order chi connectivity index (χ1) is 13.7. The number of tetrazole rings is 1. The van der Waals surface area contributed by atoms with E-state index in [1.54, 1.807) is 18.7 Å². The molecule has 8 nitrogen and oxygen atoms in total. The van der Waals surface area contributed by atoms with Gasteiger partial charge in [-0.15, -0.1) is 0 Å². The van der Waals surface area contributed by atoms with Crippen LogP contribution in [0.2, 0.25) is 0 Å². The molecule has 1 aliphatic heterocycles. The van der Waals surface area contributed by atoms with Crippen molar-refractivity contribution in [2.24, 2.45) is 0 Å². The molecule has 1 atom stereocenters. The fourth-order valence-corrected chi connectivity index (χ4v) is 3.26. The lowest BCUT2D eigenvalue weighted by molar-refractivity contribution is -0.140. The van der Waals surface area contributed by atoms with Crippen molar-refractivity contribution in [3.05, 3.63) is 77.0 Å². The van der Waals surface area contributed by atoms with Crippen LogP contribution in [-0.2, 0) is 16.1 Å². The summed E-state index contributed by atoms with van der Waals surface area (Å²) in [4.78, 5) is 13.1. The Balaban J connectivity index is 1.72. The van der Waals surface area contributed by atoms with Gasteiger partial charge in [0.05, 0.1) is 12.7 Å². The molecular weight excluding hydrogens is 358 g/mol. The van der Waals surface area contributed by atoms with Crippen molar-refractivity contribution < 1.29 is 14.3 Å². The Labute approximate surface area is 161 Å². The number of aromatic nitrogens is 4. The van der Waals surface area contributed by atoms with Gasteiger partial charge in [0, 0.05) is 11.3 Å². The average molecular weight is 377 g/mol. The molecule has 0 aliphatic carbocycles. The maximum absolute atomic E-state index is 13.1. The molecule has 0 saturated carbocycles. The van der Waals surface area contributed by atoms with Gasteiger partial charge in [0.1, 0.15) is 18.4 Å². The molecule has 1 unspecified atom stereocenters. The number of nitrogens with one attached hydrogen (secondary N) is 1. The Morgan fingerprint density at radius 3 is 2.68 bits per heavy atom. The van der Waals surface area contributed by atoms with Gasteiger partial charge in [0.2, 0.25) is 5.95 Å². The monoisotopic (exact) mass is 377 g/mol. The Morgan fingerprint density at radius 1 is 1.14 bits per heavy atom. The van der Waals surface area contributed by atoms with Gasteiger partial charge >= 0.3 is 5.97 Å². The smallest absolute Gasteiger partial charge is 0.338 e. The van der Waals surface area contributed by atoms with E-state index in [-0.39, 0.29) is 6.61 Å². The number of para-hydroxylation sites is 1. The van der Waals surface area contributed by atoms with Crippen molar-refractivity contribution in [1.82, 2.24) is 20.2 Å². The van der Waals surface area contributed by atoms with E-state index in [1.165, 1.54) is 0 Å². The molecule has 3 aromatic rings. The van der Waals surface area contributed by atoms with Gasteiger partial charge in [-0.2, -0.15) is 4.68 Å². The van der Waals surface area contributed by atoms with Crippen LogP contribution in [0.15, 0.2) is 65.9 Å². The van der Waals surface area contributed by atoms with Crippen molar-refractivity contribution in [2.75, 3.05) is 12.4 Å². The minimum Gasteiger partial charge on any atom is -0.496 e. The minimum absolute atomic E-state index is 0.178. The number of benzene rings is 2. The van der Waals surface area contributed by atoms with E-state index < -0.39 is 12.0 Å². The highest BCUT2D eigenvalue weighted by molar-refractivity contribution is 5.92. The number of fused-ring (bicyclic) bond motifs is 1. The van der Waals surface area contributed by atoms with Gasteiger partial charge in [-0.05, 0) is 29.0 Å². The first-order valence-electron chi connectivity index (χ1n) is 8.78. The Morgan fingerprint density at radius 2 is 1.89 bits per heavy atom. The number of anilines is 1. The molecule has 2 heterocycles. The molecule has 0 fully saturated rings. The number of hydrogen-bond donors (Lipinski definition) is 1. The molecule has 0 spiro atoms. The van der Waals surface area contributed by atoms with Gasteiger partial charge in [0.15, 0.2) is 0 Å². The van der Waals surface area contributed by atoms with Crippen LogP contribution in [0.4, 0.5) is 5.95 Å². The topological polar surface area (TPSA) is 91.2 Å². The van der Waals surface area contributed by atoms with E-state index >= 15 is 0 Å². The lowest BCUT2D eigenvalue weighted by Crippen LogP contribution is -2.30. The summed E-state index contributed by atoms with van der Waals surface area (Å²) in [5.74, 6) is 0.649. The van der Waals surface area contributed by atoms with Crippen LogP contribution >= 0.6 is 0 Å². The van der Waals surface area contributed by atoms with Crippen LogP contribution in [0.3, 0.4) is 0 Å². The van der Waals surface area contributed by atoms with Crippen molar-refractivity contribution in [2.45, 2.75) is 19.6 Å². The molecule has 2 aromatic carbocycles. The lowest BCUT2D eigenvalue weighted by Gasteiger charge is -2.28. The SMILES string of the molecule is COc1ccccc1C1C(C(=O)OCc2ccccc2)=C(C)Nc2nnnn21. The number of carbonyl (C=O) groups excluding carboxylic acids is 1. The predicted molar refractivity (Wildman–Crippen MR) is 102 cm³/mol. The predicted octanol–water partition coefficient (Wildman–Crippen LogP) is 2.71. The highest BCUT2D eigenvalue weighted by atomic mass is 16.5. The fourth-order valence-electron chi connectivity index (χ4n) is 3.26. The van der Waals surface area contributed by atoms with E-state index in [0.29, 0.717) is 23.0 Å². The van der Waals surface area contributed by atoms with Gasteiger partial charge in [-0.1, -0.05) is 53.6 Å². The third-order valence-electron chi connectivity index (χ3n) is 4.58. The second kappa shape index (κ2) is 7.51. The molecule has 8 heteroatoms. The fraction of sp³-hybridized carbons (Fsp3) is 0.200. The summed E-state index contributed by atoms with van der Waals surface area (Å²) < 4.78 is 12.7. The summed E-state index contributed by atoms with van der Waals surface area (Å²) in [6.45, 7) is 1.98. The van der Waals surface area contributed by atoms with Gasteiger partial charge in [-0.25, -0.2) is 4.79 Å². The number of allylic oxidation sites excluding steroid dienone is 1. The highest BCUT2D eigenvalue weighted by Gasteiger charge is 2.36. The van der Waals surface area contributed by atoms with Crippen molar-refractivity contribution in [3.63, 3.8) is 0 Å². The van der Waals surface area contributed by atoms with Crippen LogP contribution in [0.25, 0.3) is 0 Å². The zero-order valence-corrected chi connectivity index (χ0v) is 15.5. The molecule has 0 saturated heterocycles. The van der Waals surface area contributed by atoms with Gasteiger partial charge in [-0.3, -0.25) is 0 Å². The molecule has 1 aliphatic rings. The molecular formula is C20H19N5O3. The third kappa shape index (κ3) is 3.20. The molecule has 28 heavy (non-hydrogen) atoms. The average Bonchev–Trinajstić information content (AvgIpc) is 3.19. The minimum atomic E-state index is -0.564. The van der Waals surface area contributed by atoms with E-state index in [1.807, 2.05) is 54.6 Å². The summed E-state index contributed by atoms with van der Waals surface area (Å²) in [6, 6.07) is 16.4. The summed E-state index contributed by atoms with van der Waals surface area (Å²) in [6.07, 6.45) is 0. The number of nitrogens with zero attached hydrogens (tertiary/aromatic N) is 4. The summed E-state index contributed by atoms with van der Waals surface area (Å²) in [5, 5.41) is 14.9. The van der Waals surface area contributed by atoms with Crippen molar-refractivity contribution >= 4 is 11.9 Å². The standard InChI is InChI=1S/C20H19N5O3/c1-13-17(19(26)28-12-14-8-4-3-5-9-14)18(25-20(21-13)22-23-24-25)15-10-6-7-11-16(15)27-2/h3-11,18H,12H2,1-2H3,(H,21,22,24). The van der Waals surface area contributed by atoms with Gasteiger partial charge < -0.3 is 14.8 Å². The Hall–Kier alpha value is -3.68. The third-order valence-corrected chi connectivity index (χ3v) is 4.58. The van der Waals surface area contributed by atoms with Crippen LogP contribution in [0, 0.1) is 0 Å². The maximum Gasteiger partial charge on any atom is 0.338 e. The van der Waals surface area contributed by atoms with Crippen LogP contribution in [0.5, 0.6) is 5.75 Å². The number of ether oxygens (including phenoxy) is 2. The second-order valence-corrected chi connectivity index (χ2v) is 6.32. The first kappa shape index (κ1) is 17.7. The van der Waals surface area contributed by atoms with Crippen LogP contribution in [0.1, 0.15) is 24.1 Å². The van der Waals surface area contributed by atoms with E-state index in [2.05, 4.69) is 20.8 Å². The summed E-state index contributed by atoms with van der Waals surface area (Å²) >= 11 is 0. The zero-order chi connectivity index (χ0) is 19.5. The Kier molecular flexibility index (Phi) is 4.76. The second-order valence-electron chi connectivity index (χ2n) is 6.32. The number of rotatable bonds is 5. The van der Waals surface area contributed by atoms with Gasteiger partial charge in [0.25, 0.3) is 0 Å². The molecule has 4 rings (SSSR count). The molecule has 0 radical (unpaired) electrons. The highest BCUT2D eigenvalue weighted by Crippen LogP contribution is 2.38. The van der Waals surface area contributed by atoms with Crippen molar-refractivity contribution in [1.29, 1.82) is 0 Å². The molecule has 142 valence electrons.